The van der Waals surface area contributed by atoms with Gasteiger partial charge in [0.1, 0.15) is 5.82 Å². The van der Waals surface area contributed by atoms with Gasteiger partial charge in [-0.3, -0.25) is 4.79 Å². The second-order valence-corrected chi connectivity index (χ2v) is 9.14. The molecule has 5 rings (SSSR count). The largest absolute Gasteiger partial charge is 0.376 e. The van der Waals surface area contributed by atoms with Crippen molar-refractivity contribution in [3.63, 3.8) is 0 Å². The second-order valence-electron chi connectivity index (χ2n) is 8.70. The molecule has 3 aromatic rings. The number of carbonyl (C=O) groups excluding carboxylic acids is 1. The number of carbonyl (C=O) groups is 1. The molecule has 1 amide bonds. The first-order valence-electron chi connectivity index (χ1n) is 11.3. The summed E-state index contributed by atoms with van der Waals surface area (Å²) in [4.78, 5) is 19.6. The van der Waals surface area contributed by atoms with Gasteiger partial charge in [0, 0.05) is 60.6 Å². The summed E-state index contributed by atoms with van der Waals surface area (Å²) in [5.41, 5.74) is 3.64. The molecule has 32 heavy (non-hydrogen) atoms. The molecule has 0 unspecified atom stereocenters. The molecule has 1 atom stereocenters. The van der Waals surface area contributed by atoms with E-state index in [-0.39, 0.29) is 17.9 Å². The Kier molecular flexibility index (Phi) is 6.02. The fraction of sp³-hybridized carbons (Fsp3) is 0.458. The molecule has 0 spiro atoms. The van der Waals surface area contributed by atoms with Crippen LogP contribution in [0.3, 0.4) is 0 Å². The summed E-state index contributed by atoms with van der Waals surface area (Å²) in [5.74, 6) is 1.22. The molecular weight excluding hydrogens is 426 g/mol. The van der Waals surface area contributed by atoms with E-state index in [9.17, 15) is 4.79 Å². The van der Waals surface area contributed by atoms with Crippen molar-refractivity contribution >= 4 is 29.0 Å². The van der Waals surface area contributed by atoms with Gasteiger partial charge in [0.15, 0.2) is 5.65 Å². The normalized spacial score (nSPS) is 19.6. The molecule has 1 N–H and O–H groups in total. The summed E-state index contributed by atoms with van der Waals surface area (Å²) < 4.78 is 7.52. The van der Waals surface area contributed by atoms with Crippen molar-refractivity contribution in [3.05, 3.63) is 47.1 Å². The number of anilines is 1. The van der Waals surface area contributed by atoms with E-state index in [0.29, 0.717) is 11.6 Å². The smallest absolute Gasteiger partial charge is 0.223 e. The van der Waals surface area contributed by atoms with Crippen LogP contribution in [0.2, 0.25) is 5.02 Å². The maximum atomic E-state index is 12.6. The fourth-order valence-corrected chi connectivity index (χ4v) is 4.73. The van der Waals surface area contributed by atoms with Crippen molar-refractivity contribution in [1.82, 2.24) is 19.9 Å². The van der Waals surface area contributed by atoms with Crippen LogP contribution in [-0.2, 0) is 9.53 Å². The lowest BCUT2D eigenvalue weighted by atomic mass is 9.96. The van der Waals surface area contributed by atoms with E-state index in [1.807, 2.05) is 41.8 Å². The van der Waals surface area contributed by atoms with E-state index in [2.05, 4.69) is 21.3 Å². The number of aryl methyl sites for hydroxylation is 1. The summed E-state index contributed by atoms with van der Waals surface area (Å²) in [6.45, 7) is 5.07. The number of fused-ring (bicyclic) bond motifs is 1. The predicted octanol–water partition coefficient (Wildman–Crippen LogP) is 3.87. The zero-order valence-electron chi connectivity index (χ0n) is 18.3. The van der Waals surface area contributed by atoms with Gasteiger partial charge >= 0.3 is 0 Å². The number of halogens is 1. The van der Waals surface area contributed by atoms with Gasteiger partial charge in [-0.05, 0) is 44.7 Å². The predicted molar refractivity (Wildman–Crippen MR) is 125 cm³/mol. The van der Waals surface area contributed by atoms with Gasteiger partial charge in [-0.25, -0.2) is 4.98 Å². The maximum absolute atomic E-state index is 12.6. The number of ether oxygens (including phenoxy) is 1. The highest BCUT2D eigenvalue weighted by Crippen LogP contribution is 2.27. The minimum Gasteiger partial charge on any atom is -0.376 e. The van der Waals surface area contributed by atoms with Crippen LogP contribution in [0.25, 0.3) is 16.9 Å². The van der Waals surface area contributed by atoms with Crippen molar-refractivity contribution in [2.45, 2.75) is 38.7 Å². The number of benzene rings is 1. The number of hydrogen-bond donors (Lipinski definition) is 1. The lowest BCUT2D eigenvalue weighted by Crippen LogP contribution is -2.43. The zero-order valence-corrected chi connectivity index (χ0v) is 19.0. The van der Waals surface area contributed by atoms with Gasteiger partial charge < -0.3 is 15.0 Å². The van der Waals surface area contributed by atoms with Gasteiger partial charge in [-0.1, -0.05) is 23.7 Å². The third-order valence-electron chi connectivity index (χ3n) is 6.39. The third-order valence-corrected chi connectivity index (χ3v) is 6.65. The lowest BCUT2D eigenvalue weighted by Gasteiger charge is -2.33. The Morgan fingerprint density at radius 2 is 1.97 bits per heavy atom. The topological polar surface area (TPSA) is 71.8 Å². The van der Waals surface area contributed by atoms with Crippen molar-refractivity contribution in [1.29, 1.82) is 0 Å². The van der Waals surface area contributed by atoms with Gasteiger partial charge in [0.2, 0.25) is 5.91 Å². The van der Waals surface area contributed by atoms with Gasteiger partial charge in [0.05, 0.1) is 11.8 Å². The molecule has 2 fully saturated rings. The highest BCUT2D eigenvalue weighted by atomic mass is 35.5. The Balaban J connectivity index is 1.29. The Morgan fingerprint density at radius 3 is 2.69 bits per heavy atom. The van der Waals surface area contributed by atoms with Crippen molar-refractivity contribution in [2.24, 2.45) is 5.92 Å². The Morgan fingerprint density at radius 1 is 1.19 bits per heavy atom. The van der Waals surface area contributed by atoms with Crippen LogP contribution in [0, 0.1) is 12.8 Å². The highest BCUT2D eigenvalue weighted by Gasteiger charge is 2.27. The first-order valence-corrected chi connectivity index (χ1v) is 11.7. The van der Waals surface area contributed by atoms with Crippen LogP contribution >= 0.6 is 11.6 Å². The fourth-order valence-electron chi connectivity index (χ4n) is 4.60. The number of hydrogen-bond acceptors (Lipinski definition) is 5. The summed E-state index contributed by atoms with van der Waals surface area (Å²) in [7, 11) is 0. The number of nitrogens with zero attached hydrogens (tertiary/aromatic N) is 4. The molecule has 1 aromatic carbocycles. The Labute approximate surface area is 192 Å². The van der Waals surface area contributed by atoms with Crippen LogP contribution in [0.5, 0.6) is 0 Å². The number of aromatic nitrogens is 3. The summed E-state index contributed by atoms with van der Waals surface area (Å²) in [6.07, 6.45) is 3.96. The van der Waals surface area contributed by atoms with Crippen molar-refractivity contribution in [3.8, 4) is 11.3 Å². The second kappa shape index (κ2) is 9.08. The van der Waals surface area contributed by atoms with E-state index in [0.717, 1.165) is 73.8 Å². The summed E-state index contributed by atoms with van der Waals surface area (Å²) >= 11 is 6.03. The van der Waals surface area contributed by atoms with Crippen LogP contribution in [0.15, 0.2) is 36.4 Å². The minimum atomic E-state index is 0.0494. The zero-order chi connectivity index (χ0) is 22.1. The average Bonchev–Trinajstić information content (AvgIpc) is 3.47. The SMILES string of the molecule is Cc1cc(N2CCC(C(=O)NC[C@H]3CCCO3)CC2)n2nc(-c3ccc(Cl)cc3)cc2n1. The highest BCUT2D eigenvalue weighted by molar-refractivity contribution is 6.30. The quantitative estimate of drug-likeness (QED) is 0.635. The van der Waals surface area contributed by atoms with Crippen molar-refractivity contribution in [2.75, 3.05) is 31.1 Å². The number of rotatable bonds is 5. The lowest BCUT2D eigenvalue weighted by molar-refractivity contribution is -0.126. The molecule has 2 aliphatic heterocycles. The van der Waals surface area contributed by atoms with Crippen LogP contribution in [0.1, 0.15) is 31.4 Å². The van der Waals surface area contributed by atoms with E-state index >= 15 is 0 Å². The van der Waals surface area contributed by atoms with Crippen LogP contribution in [-0.4, -0.2) is 52.9 Å². The summed E-state index contributed by atoms with van der Waals surface area (Å²) in [5, 5.41) is 8.63. The molecule has 7 nitrogen and oxygen atoms in total. The van der Waals surface area contributed by atoms with Gasteiger partial charge in [0.25, 0.3) is 0 Å². The molecular formula is C24H28ClN5O2. The molecule has 0 bridgehead atoms. The molecule has 8 heteroatoms. The van der Waals surface area contributed by atoms with Crippen LogP contribution < -0.4 is 10.2 Å². The first kappa shape index (κ1) is 21.2. The average molecular weight is 454 g/mol. The molecule has 2 aromatic heterocycles. The molecule has 0 aliphatic carbocycles. The number of piperidine rings is 1. The van der Waals surface area contributed by atoms with Crippen molar-refractivity contribution < 1.29 is 9.53 Å². The molecule has 0 radical (unpaired) electrons. The van der Waals surface area contributed by atoms with E-state index in [4.69, 9.17) is 21.4 Å². The molecule has 168 valence electrons. The molecule has 2 aliphatic rings. The molecule has 0 saturated carbocycles. The molecule has 4 heterocycles. The van der Waals surface area contributed by atoms with E-state index in [1.54, 1.807) is 0 Å². The summed E-state index contributed by atoms with van der Waals surface area (Å²) in [6, 6.07) is 11.8. The Hall–Kier alpha value is -2.64. The van der Waals surface area contributed by atoms with E-state index < -0.39 is 0 Å². The van der Waals surface area contributed by atoms with E-state index in [1.165, 1.54) is 0 Å². The van der Waals surface area contributed by atoms with Gasteiger partial charge in [-0.15, -0.1) is 0 Å². The standard InChI is InChI=1S/C24H28ClN5O2/c1-16-13-23(30-22(27-16)14-21(28-30)17-4-6-19(25)7-5-17)29-10-8-18(9-11-29)24(31)26-15-20-3-2-12-32-20/h4-7,13-14,18,20H,2-3,8-12,15H2,1H3,(H,26,31)/t20-/m1/s1. The first-order chi connectivity index (χ1) is 15.6. The maximum Gasteiger partial charge on any atom is 0.223 e. The number of amides is 1. The number of nitrogens with one attached hydrogen (secondary N) is 1. The van der Waals surface area contributed by atoms with Gasteiger partial charge in [-0.2, -0.15) is 9.61 Å². The Bertz CT molecular complexity index is 1100. The molecule has 2 saturated heterocycles. The minimum absolute atomic E-state index is 0.0494. The monoisotopic (exact) mass is 453 g/mol. The third kappa shape index (κ3) is 4.45. The van der Waals surface area contributed by atoms with Crippen LogP contribution in [0.4, 0.5) is 5.82 Å².